The Morgan fingerprint density at radius 1 is 1.09 bits per heavy atom. The molecule has 12 heteroatoms. The summed E-state index contributed by atoms with van der Waals surface area (Å²) in [7, 11) is 2.92. The summed E-state index contributed by atoms with van der Waals surface area (Å²) >= 11 is 0. The van der Waals surface area contributed by atoms with Crippen molar-refractivity contribution in [3.8, 4) is 5.75 Å². The number of phenolic OH excluding ortho intramolecular Hbond substituents is 1. The number of nitrogens with one attached hydrogen (secondary N) is 2. The molecule has 0 aliphatic carbocycles. The number of anilines is 1. The molecular formula is C21H25N5O7. The molecule has 3 rings (SSSR count). The van der Waals surface area contributed by atoms with Gasteiger partial charge in [0.2, 0.25) is 18.1 Å². The van der Waals surface area contributed by atoms with Gasteiger partial charge in [0.05, 0.1) is 11.8 Å². The lowest BCUT2D eigenvalue weighted by Gasteiger charge is -2.17. The average Bonchev–Trinajstić information content (AvgIpc) is 2.74. The summed E-state index contributed by atoms with van der Waals surface area (Å²) in [5.41, 5.74) is -0.419. The summed E-state index contributed by atoms with van der Waals surface area (Å²) < 4.78 is 10.2. The van der Waals surface area contributed by atoms with Crippen molar-refractivity contribution in [1.82, 2.24) is 19.9 Å². The topological polar surface area (TPSA) is 177 Å². The third kappa shape index (κ3) is 6.79. The van der Waals surface area contributed by atoms with Gasteiger partial charge < -0.3 is 19.7 Å². The molecule has 0 unspecified atom stereocenters. The summed E-state index contributed by atoms with van der Waals surface area (Å²) in [5, 5.41) is 19.7. The molecule has 0 saturated heterocycles. The molecule has 0 radical (unpaired) electrons. The molecule has 1 aromatic carbocycles. The van der Waals surface area contributed by atoms with Crippen LogP contribution in [0, 0.1) is 5.41 Å². The lowest BCUT2D eigenvalue weighted by atomic mass is 9.96. The predicted molar refractivity (Wildman–Crippen MR) is 118 cm³/mol. The van der Waals surface area contributed by atoms with E-state index >= 15 is 0 Å². The lowest BCUT2D eigenvalue weighted by molar-refractivity contribution is -0.123. The quantitative estimate of drug-likeness (QED) is 0.413. The van der Waals surface area contributed by atoms with Crippen LogP contribution in [0.5, 0.6) is 5.75 Å². The molecule has 3 aromatic rings. The largest absolute Gasteiger partial charge is 0.508 e. The van der Waals surface area contributed by atoms with E-state index in [0.29, 0.717) is 5.69 Å². The van der Waals surface area contributed by atoms with E-state index in [-0.39, 0.29) is 34.3 Å². The molecule has 0 spiro atoms. The number of hydrogen-bond acceptors (Lipinski definition) is 9. The van der Waals surface area contributed by atoms with Crippen molar-refractivity contribution in [2.75, 3.05) is 19.5 Å². The Balaban J connectivity index is 0.000000321. The van der Waals surface area contributed by atoms with Gasteiger partial charge in [0.25, 0.3) is 5.56 Å². The number of hydrogen-bond donors (Lipinski definition) is 4. The van der Waals surface area contributed by atoms with Crippen molar-refractivity contribution in [2.24, 2.45) is 5.41 Å². The van der Waals surface area contributed by atoms with Crippen LogP contribution in [0.1, 0.15) is 43.1 Å². The van der Waals surface area contributed by atoms with Gasteiger partial charge in [-0.3, -0.25) is 19.9 Å². The maximum absolute atomic E-state index is 12.0. The molecule has 176 valence electrons. The number of amides is 1. The number of carboxylic acids is 1. The van der Waals surface area contributed by atoms with Gasteiger partial charge in [-0.15, -0.1) is 0 Å². The third-order valence-corrected chi connectivity index (χ3v) is 4.13. The summed E-state index contributed by atoms with van der Waals surface area (Å²) in [6.07, 6.45) is 0.658. The highest BCUT2D eigenvalue weighted by molar-refractivity contribution is 5.93. The van der Waals surface area contributed by atoms with Gasteiger partial charge in [-0.2, -0.15) is 4.98 Å². The Labute approximate surface area is 188 Å². The number of fused-ring (bicyclic) bond motifs is 1. The number of H-pyrrole nitrogens is 1. The predicted octanol–water partition coefficient (Wildman–Crippen LogP) is 2.08. The molecule has 4 N–H and O–H groups in total. The Morgan fingerprint density at radius 3 is 2.21 bits per heavy atom. The van der Waals surface area contributed by atoms with Gasteiger partial charge in [0, 0.05) is 19.6 Å². The Hall–Kier alpha value is -3.90. The van der Waals surface area contributed by atoms with Gasteiger partial charge in [0.1, 0.15) is 11.4 Å². The zero-order valence-corrected chi connectivity index (χ0v) is 18.7. The van der Waals surface area contributed by atoms with Crippen LogP contribution in [0.4, 0.5) is 5.95 Å². The van der Waals surface area contributed by atoms with Crippen molar-refractivity contribution in [1.29, 1.82) is 0 Å². The Kier molecular flexibility index (Phi) is 8.16. The zero-order chi connectivity index (χ0) is 24.8. The number of phenols is 1. The molecule has 2 heterocycles. The van der Waals surface area contributed by atoms with Crippen LogP contribution in [-0.4, -0.2) is 56.2 Å². The number of rotatable bonds is 5. The van der Waals surface area contributed by atoms with Crippen LogP contribution in [-0.2, 0) is 14.3 Å². The number of ether oxygens (including phenoxy) is 2. The lowest BCUT2D eigenvalue weighted by Crippen LogP contribution is -2.29. The van der Waals surface area contributed by atoms with Crippen molar-refractivity contribution in [3.63, 3.8) is 0 Å². The minimum absolute atomic E-state index is 0.0141. The molecule has 2 aromatic heterocycles. The highest BCUT2D eigenvalue weighted by Crippen LogP contribution is 2.17. The van der Waals surface area contributed by atoms with Crippen molar-refractivity contribution < 1.29 is 29.3 Å². The number of nitrogens with zero attached hydrogens (tertiary/aromatic N) is 3. The number of aromatic carboxylic acids is 1. The fourth-order valence-electron chi connectivity index (χ4n) is 2.34. The number of carboxylic acid groups (broad SMARTS) is 1. The maximum Gasteiger partial charge on any atom is 0.335 e. The van der Waals surface area contributed by atoms with Crippen molar-refractivity contribution >= 4 is 29.0 Å². The Morgan fingerprint density at radius 2 is 1.70 bits per heavy atom. The van der Waals surface area contributed by atoms with E-state index in [1.54, 1.807) is 20.8 Å². The minimum atomic E-state index is -0.986. The van der Waals surface area contributed by atoms with E-state index in [9.17, 15) is 14.4 Å². The second-order valence-electron chi connectivity index (χ2n) is 7.74. The smallest absolute Gasteiger partial charge is 0.335 e. The van der Waals surface area contributed by atoms with Crippen LogP contribution < -0.4 is 10.9 Å². The number of aromatic hydroxyl groups is 1. The fraction of sp³-hybridized carbons (Fsp3) is 0.333. The Bertz CT molecular complexity index is 1180. The SMILES string of the molecule is COC(OC)c1cnc2c(=O)[nH]c(NC(=O)C(C)(C)C)nc2n1.O=C(O)c1ccc(O)cc1. The minimum Gasteiger partial charge on any atom is -0.508 e. The summed E-state index contributed by atoms with van der Waals surface area (Å²) in [5.74, 6) is -1.18. The second kappa shape index (κ2) is 10.6. The van der Waals surface area contributed by atoms with Gasteiger partial charge in [0.15, 0.2) is 11.2 Å². The maximum atomic E-state index is 12.0. The number of benzene rings is 1. The molecule has 0 aliphatic rings. The van der Waals surface area contributed by atoms with Crippen molar-refractivity contribution in [2.45, 2.75) is 27.1 Å². The average molecular weight is 459 g/mol. The monoisotopic (exact) mass is 459 g/mol. The van der Waals surface area contributed by atoms with Gasteiger partial charge in [-0.25, -0.2) is 14.8 Å². The molecule has 1 amide bonds. The van der Waals surface area contributed by atoms with Crippen LogP contribution in [0.2, 0.25) is 0 Å². The van der Waals surface area contributed by atoms with Crippen molar-refractivity contribution in [3.05, 3.63) is 52.1 Å². The number of aromatic nitrogens is 4. The molecule has 12 nitrogen and oxygen atoms in total. The number of methoxy groups -OCH3 is 2. The van der Waals surface area contributed by atoms with Gasteiger partial charge in [-0.05, 0) is 24.3 Å². The molecule has 0 bridgehead atoms. The first kappa shape index (κ1) is 25.4. The summed E-state index contributed by atoms with van der Waals surface area (Å²) in [4.78, 5) is 49.1. The standard InChI is InChI=1S/C14H19N5O4.C7H6O3/c1-14(2,3)12(21)19-13-17-9-8(10(20)18-13)15-6-7(16-9)11(22-4)23-5;8-6-3-1-5(2-4-6)7(9)10/h6,11H,1-5H3,(H2,16,17,18,19,20,21);1-4,8H,(H,9,10). The first-order valence-corrected chi connectivity index (χ1v) is 9.62. The van der Waals surface area contributed by atoms with E-state index < -0.39 is 23.2 Å². The summed E-state index contributed by atoms with van der Waals surface area (Å²) in [6, 6.07) is 5.36. The number of aromatic amines is 1. The molecule has 0 fully saturated rings. The first-order valence-electron chi connectivity index (χ1n) is 9.62. The molecule has 33 heavy (non-hydrogen) atoms. The molecule has 0 atom stereocenters. The van der Waals surface area contributed by atoms with E-state index in [0.717, 1.165) is 0 Å². The van der Waals surface area contributed by atoms with Crippen LogP contribution in [0.25, 0.3) is 11.2 Å². The molecule has 0 saturated carbocycles. The van der Waals surface area contributed by atoms with E-state index in [2.05, 4.69) is 25.3 Å². The number of carbonyl (C=O) groups is 2. The second-order valence-corrected chi connectivity index (χ2v) is 7.74. The van der Waals surface area contributed by atoms with E-state index in [1.165, 1.54) is 44.7 Å². The highest BCUT2D eigenvalue weighted by atomic mass is 16.7. The third-order valence-electron chi connectivity index (χ3n) is 4.13. The first-order chi connectivity index (χ1) is 15.5. The van der Waals surface area contributed by atoms with Crippen LogP contribution in [0.3, 0.4) is 0 Å². The van der Waals surface area contributed by atoms with Gasteiger partial charge >= 0.3 is 5.97 Å². The fourth-order valence-corrected chi connectivity index (χ4v) is 2.34. The number of carbonyl (C=O) groups excluding carboxylic acids is 1. The molecule has 0 aliphatic heterocycles. The van der Waals surface area contributed by atoms with E-state index in [4.69, 9.17) is 19.7 Å². The van der Waals surface area contributed by atoms with Crippen LogP contribution >= 0.6 is 0 Å². The highest BCUT2D eigenvalue weighted by Gasteiger charge is 2.22. The molecular weight excluding hydrogens is 434 g/mol. The normalized spacial score (nSPS) is 11.1. The van der Waals surface area contributed by atoms with E-state index in [1.807, 2.05) is 0 Å². The zero-order valence-electron chi connectivity index (χ0n) is 18.7. The van der Waals surface area contributed by atoms with Crippen LogP contribution in [0.15, 0.2) is 35.3 Å². The summed E-state index contributed by atoms with van der Waals surface area (Å²) in [6.45, 7) is 5.25. The van der Waals surface area contributed by atoms with Gasteiger partial charge in [-0.1, -0.05) is 20.8 Å².